The number of anilines is 1. The zero-order valence-electron chi connectivity index (χ0n) is 19.5. The Labute approximate surface area is 200 Å². The van der Waals surface area contributed by atoms with Crippen LogP contribution in [0.15, 0.2) is 59.0 Å². The fraction of sp³-hybridized carbons (Fsp3) is 0.192. The van der Waals surface area contributed by atoms with E-state index in [1.54, 1.807) is 12.1 Å². The standard InChI is InChI=1S/C26H23NO8/c1-14(34-17-10-15(25(29)32-3)9-16(11-17)26(30)33-4)24(28)27-20-13-22-19(12-23(20)31-2)18-7-5-6-8-21(18)35-22/h5-14H,1-4H3,(H,27,28). The highest BCUT2D eigenvalue weighted by Crippen LogP contribution is 2.36. The molecule has 1 unspecified atom stereocenters. The molecule has 1 atom stereocenters. The number of rotatable bonds is 7. The molecule has 4 aromatic rings. The van der Waals surface area contributed by atoms with Crippen LogP contribution in [-0.4, -0.2) is 45.3 Å². The lowest BCUT2D eigenvalue weighted by atomic mass is 10.1. The first-order chi connectivity index (χ1) is 16.8. The van der Waals surface area contributed by atoms with Crippen molar-refractivity contribution in [3.05, 3.63) is 65.7 Å². The number of fused-ring (bicyclic) bond motifs is 3. The third-order valence-electron chi connectivity index (χ3n) is 5.39. The Bertz CT molecular complexity index is 1400. The second-order valence-corrected chi connectivity index (χ2v) is 7.63. The van der Waals surface area contributed by atoms with Gasteiger partial charge in [0, 0.05) is 16.8 Å². The molecule has 35 heavy (non-hydrogen) atoms. The fourth-order valence-electron chi connectivity index (χ4n) is 3.65. The number of carbonyl (C=O) groups is 3. The second-order valence-electron chi connectivity index (χ2n) is 7.63. The summed E-state index contributed by atoms with van der Waals surface area (Å²) in [5.74, 6) is -1.24. The molecule has 9 heteroatoms. The van der Waals surface area contributed by atoms with Crippen molar-refractivity contribution in [2.75, 3.05) is 26.6 Å². The molecule has 0 bridgehead atoms. The highest BCUT2D eigenvalue weighted by Gasteiger charge is 2.21. The molecule has 180 valence electrons. The minimum Gasteiger partial charge on any atom is -0.495 e. The van der Waals surface area contributed by atoms with Crippen molar-refractivity contribution in [3.63, 3.8) is 0 Å². The molecule has 0 aliphatic heterocycles. The van der Waals surface area contributed by atoms with E-state index in [1.807, 2.05) is 24.3 Å². The molecule has 0 spiro atoms. The van der Waals surface area contributed by atoms with Gasteiger partial charge in [-0.1, -0.05) is 18.2 Å². The highest BCUT2D eigenvalue weighted by atomic mass is 16.5. The maximum absolute atomic E-state index is 12.9. The lowest BCUT2D eigenvalue weighted by molar-refractivity contribution is -0.122. The van der Waals surface area contributed by atoms with E-state index in [4.69, 9.17) is 23.4 Å². The molecule has 0 saturated carbocycles. The van der Waals surface area contributed by atoms with Crippen LogP contribution in [0, 0.1) is 0 Å². The summed E-state index contributed by atoms with van der Waals surface area (Å²) >= 11 is 0. The average Bonchev–Trinajstić information content (AvgIpc) is 3.24. The minimum atomic E-state index is -0.996. The third kappa shape index (κ3) is 4.74. The van der Waals surface area contributed by atoms with Crippen molar-refractivity contribution in [2.45, 2.75) is 13.0 Å². The van der Waals surface area contributed by atoms with Crippen LogP contribution in [0.3, 0.4) is 0 Å². The number of hydrogen-bond donors (Lipinski definition) is 1. The zero-order chi connectivity index (χ0) is 25.1. The zero-order valence-corrected chi connectivity index (χ0v) is 19.5. The van der Waals surface area contributed by atoms with E-state index in [9.17, 15) is 14.4 Å². The highest BCUT2D eigenvalue weighted by molar-refractivity contribution is 6.08. The molecular formula is C26H23NO8. The first kappa shape index (κ1) is 23.6. The lowest BCUT2D eigenvalue weighted by Crippen LogP contribution is -2.30. The number of methoxy groups -OCH3 is 3. The van der Waals surface area contributed by atoms with E-state index < -0.39 is 23.9 Å². The SMILES string of the molecule is COC(=O)c1cc(OC(C)C(=O)Nc2cc3oc4ccccc4c3cc2OC)cc(C(=O)OC)c1. The predicted octanol–water partition coefficient (Wildman–Crippen LogP) is 4.57. The first-order valence-corrected chi connectivity index (χ1v) is 10.6. The van der Waals surface area contributed by atoms with Gasteiger partial charge in [0.2, 0.25) is 0 Å². The Morgan fingerprint density at radius 3 is 2.11 bits per heavy atom. The van der Waals surface area contributed by atoms with Crippen molar-refractivity contribution < 1.29 is 37.7 Å². The maximum Gasteiger partial charge on any atom is 0.338 e. The summed E-state index contributed by atoms with van der Waals surface area (Å²) in [5.41, 5.74) is 1.86. The number of para-hydroxylation sites is 1. The molecule has 1 aromatic heterocycles. The summed E-state index contributed by atoms with van der Waals surface area (Å²) in [6, 6.07) is 15.2. The van der Waals surface area contributed by atoms with Crippen molar-refractivity contribution in [1.29, 1.82) is 0 Å². The number of hydrogen-bond acceptors (Lipinski definition) is 8. The summed E-state index contributed by atoms with van der Waals surface area (Å²) < 4.78 is 26.6. The molecule has 9 nitrogen and oxygen atoms in total. The van der Waals surface area contributed by atoms with Crippen LogP contribution < -0.4 is 14.8 Å². The van der Waals surface area contributed by atoms with Crippen LogP contribution in [-0.2, 0) is 14.3 Å². The molecule has 4 rings (SSSR count). The van der Waals surface area contributed by atoms with Crippen LogP contribution in [0.1, 0.15) is 27.6 Å². The van der Waals surface area contributed by atoms with Crippen LogP contribution >= 0.6 is 0 Å². The monoisotopic (exact) mass is 477 g/mol. The molecule has 1 N–H and O–H groups in total. The van der Waals surface area contributed by atoms with Gasteiger partial charge in [-0.3, -0.25) is 4.79 Å². The van der Waals surface area contributed by atoms with Crippen LogP contribution in [0.2, 0.25) is 0 Å². The lowest BCUT2D eigenvalue weighted by Gasteiger charge is -2.17. The molecule has 0 aliphatic carbocycles. The predicted molar refractivity (Wildman–Crippen MR) is 128 cm³/mol. The fourth-order valence-corrected chi connectivity index (χ4v) is 3.65. The molecule has 3 aromatic carbocycles. The third-order valence-corrected chi connectivity index (χ3v) is 5.39. The Balaban J connectivity index is 1.59. The smallest absolute Gasteiger partial charge is 0.338 e. The molecular weight excluding hydrogens is 454 g/mol. The first-order valence-electron chi connectivity index (χ1n) is 10.6. The van der Waals surface area contributed by atoms with E-state index in [0.717, 1.165) is 16.4 Å². The Morgan fingerprint density at radius 1 is 0.829 bits per heavy atom. The Morgan fingerprint density at radius 2 is 1.49 bits per heavy atom. The summed E-state index contributed by atoms with van der Waals surface area (Å²) in [6.45, 7) is 1.53. The van der Waals surface area contributed by atoms with E-state index in [2.05, 4.69) is 5.32 Å². The van der Waals surface area contributed by atoms with Gasteiger partial charge in [0.15, 0.2) is 6.10 Å². The Hall–Kier alpha value is -4.53. The average molecular weight is 477 g/mol. The number of nitrogens with one attached hydrogen (secondary N) is 1. The number of amides is 1. The molecule has 0 aliphatic rings. The van der Waals surface area contributed by atoms with Gasteiger partial charge in [-0.15, -0.1) is 0 Å². The summed E-state index contributed by atoms with van der Waals surface area (Å²) in [6.07, 6.45) is -0.996. The molecule has 0 fully saturated rings. The van der Waals surface area contributed by atoms with Gasteiger partial charge >= 0.3 is 11.9 Å². The number of benzene rings is 3. The summed E-state index contributed by atoms with van der Waals surface area (Å²) in [7, 11) is 3.94. The summed E-state index contributed by atoms with van der Waals surface area (Å²) in [5, 5.41) is 4.57. The van der Waals surface area contributed by atoms with Crippen LogP contribution in [0.25, 0.3) is 21.9 Å². The van der Waals surface area contributed by atoms with Gasteiger partial charge in [-0.05, 0) is 37.3 Å². The van der Waals surface area contributed by atoms with Crippen LogP contribution in [0.5, 0.6) is 11.5 Å². The van der Waals surface area contributed by atoms with Gasteiger partial charge in [0.25, 0.3) is 5.91 Å². The van der Waals surface area contributed by atoms with Crippen molar-refractivity contribution in [2.24, 2.45) is 0 Å². The number of ether oxygens (including phenoxy) is 4. The molecule has 1 heterocycles. The van der Waals surface area contributed by atoms with E-state index in [0.29, 0.717) is 17.0 Å². The van der Waals surface area contributed by atoms with Gasteiger partial charge in [0.05, 0.1) is 38.1 Å². The van der Waals surface area contributed by atoms with Crippen molar-refractivity contribution in [1.82, 2.24) is 0 Å². The minimum absolute atomic E-state index is 0.0787. The van der Waals surface area contributed by atoms with Gasteiger partial charge in [-0.25, -0.2) is 9.59 Å². The quantitative estimate of drug-likeness (QED) is 0.385. The van der Waals surface area contributed by atoms with Gasteiger partial charge < -0.3 is 28.7 Å². The largest absolute Gasteiger partial charge is 0.495 e. The second kappa shape index (κ2) is 9.76. The van der Waals surface area contributed by atoms with E-state index in [-0.39, 0.29) is 16.9 Å². The van der Waals surface area contributed by atoms with Crippen molar-refractivity contribution >= 4 is 45.5 Å². The number of furan rings is 1. The van der Waals surface area contributed by atoms with Gasteiger partial charge in [0.1, 0.15) is 22.7 Å². The normalized spacial score (nSPS) is 11.7. The number of carbonyl (C=O) groups excluding carboxylic acids is 3. The Kier molecular flexibility index (Phi) is 6.59. The van der Waals surface area contributed by atoms with Gasteiger partial charge in [-0.2, -0.15) is 0 Å². The van der Waals surface area contributed by atoms with Crippen LogP contribution in [0.4, 0.5) is 5.69 Å². The van der Waals surface area contributed by atoms with E-state index >= 15 is 0 Å². The van der Waals surface area contributed by atoms with Crippen molar-refractivity contribution in [3.8, 4) is 11.5 Å². The van der Waals surface area contributed by atoms with E-state index in [1.165, 1.54) is 46.5 Å². The number of esters is 2. The molecule has 1 amide bonds. The maximum atomic E-state index is 12.9. The summed E-state index contributed by atoms with van der Waals surface area (Å²) in [4.78, 5) is 36.9. The molecule has 0 radical (unpaired) electrons. The topological polar surface area (TPSA) is 113 Å². The molecule has 0 saturated heterocycles.